The molecule has 0 bridgehead atoms. The van der Waals surface area contributed by atoms with Gasteiger partial charge in [-0.3, -0.25) is 4.79 Å². The van der Waals surface area contributed by atoms with Gasteiger partial charge in [-0.05, 0) is 49.9 Å². The Morgan fingerprint density at radius 2 is 1.78 bits per heavy atom. The van der Waals surface area contributed by atoms with Crippen LogP contribution in [-0.2, 0) is 9.53 Å². The Labute approximate surface area is 106 Å². The number of hydrogen-bond donors (Lipinski definition) is 0. The maximum atomic E-state index is 12.7. The summed E-state index contributed by atoms with van der Waals surface area (Å²) in [6.45, 7) is 0. The number of methoxy groups -OCH3 is 1. The fraction of sp³-hybridized carbons (Fsp3) is 0.500. The van der Waals surface area contributed by atoms with Crippen molar-refractivity contribution in [3.05, 3.63) is 30.1 Å². The zero-order chi connectivity index (χ0) is 13.0. The molecular formula is C14H17FO3. The summed E-state index contributed by atoms with van der Waals surface area (Å²) in [5.74, 6) is 0.285. The van der Waals surface area contributed by atoms with E-state index in [1.807, 2.05) is 0 Å². The van der Waals surface area contributed by atoms with Crippen LogP contribution in [0.3, 0.4) is 0 Å². The van der Waals surface area contributed by atoms with E-state index < -0.39 is 0 Å². The summed E-state index contributed by atoms with van der Waals surface area (Å²) < 4.78 is 23.2. The lowest BCUT2D eigenvalue weighted by Gasteiger charge is -2.27. The molecule has 0 unspecified atom stereocenters. The quantitative estimate of drug-likeness (QED) is 0.776. The minimum absolute atomic E-state index is 0.00284. The van der Waals surface area contributed by atoms with E-state index in [-0.39, 0.29) is 23.8 Å². The van der Waals surface area contributed by atoms with E-state index in [1.165, 1.54) is 19.2 Å². The largest absolute Gasteiger partial charge is 0.490 e. The molecule has 0 N–H and O–H groups in total. The first-order chi connectivity index (χ1) is 8.69. The number of carbonyl (C=O) groups excluding carboxylic acids is 1. The summed E-state index contributed by atoms with van der Waals surface area (Å²) in [7, 11) is 1.42. The van der Waals surface area contributed by atoms with Gasteiger partial charge in [-0.15, -0.1) is 0 Å². The monoisotopic (exact) mass is 252 g/mol. The number of esters is 1. The molecule has 0 spiro atoms. The van der Waals surface area contributed by atoms with E-state index in [1.54, 1.807) is 12.1 Å². The third-order valence-electron chi connectivity index (χ3n) is 3.33. The molecule has 3 nitrogen and oxygen atoms in total. The minimum Gasteiger partial charge on any atom is -0.490 e. The molecule has 0 saturated heterocycles. The van der Waals surface area contributed by atoms with Crippen molar-refractivity contribution in [2.24, 2.45) is 5.92 Å². The van der Waals surface area contributed by atoms with Gasteiger partial charge in [0, 0.05) is 0 Å². The first-order valence-corrected chi connectivity index (χ1v) is 6.19. The fourth-order valence-corrected chi connectivity index (χ4v) is 2.29. The van der Waals surface area contributed by atoms with Gasteiger partial charge in [-0.25, -0.2) is 4.39 Å². The van der Waals surface area contributed by atoms with Gasteiger partial charge in [0.05, 0.1) is 19.1 Å². The molecule has 0 atom stereocenters. The highest BCUT2D eigenvalue weighted by Gasteiger charge is 2.27. The summed E-state index contributed by atoms with van der Waals surface area (Å²) >= 11 is 0. The highest BCUT2D eigenvalue weighted by Crippen LogP contribution is 2.28. The lowest BCUT2D eigenvalue weighted by molar-refractivity contribution is -0.147. The van der Waals surface area contributed by atoms with Gasteiger partial charge in [0.15, 0.2) is 0 Å². The molecule has 1 aliphatic rings. The third-order valence-corrected chi connectivity index (χ3v) is 3.33. The van der Waals surface area contributed by atoms with Gasteiger partial charge in [-0.1, -0.05) is 0 Å². The predicted molar refractivity (Wildman–Crippen MR) is 64.8 cm³/mol. The minimum atomic E-state index is -0.267. The highest BCUT2D eigenvalue weighted by molar-refractivity contribution is 5.72. The molecule has 0 aromatic heterocycles. The first kappa shape index (κ1) is 12.9. The number of benzene rings is 1. The molecule has 0 amide bonds. The molecule has 18 heavy (non-hydrogen) atoms. The molecule has 1 saturated carbocycles. The summed E-state index contributed by atoms with van der Waals surface area (Å²) in [6, 6.07) is 6.02. The van der Waals surface area contributed by atoms with Crippen molar-refractivity contribution in [2.75, 3.05) is 7.11 Å². The maximum absolute atomic E-state index is 12.7. The maximum Gasteiger partial charge on any atom is 0.308 e. The molecular weight excluding hydrogens is 235 g/mol. The SMILES string of the molecule is COC(=O)[C@H]1CC[C@H](Oc2ccc(F)cc2)CC1. The first-order valence-electron chi connectivity index (χ1n) is 6.19. The number of rotatable bonds is 3. The zero-order valence-corrected chi connectivity index (χ0v) is 10.4. The van der Waals surface area contributed by atoms with Crippen molar-refractivity contribution in [3.8, 4) is 5.75 Å². The number of ether oxygens (including phenoxy) is 2. The van der Waals surface area contributed by atoms with Crippen LogP contribution < -0.4 is 4.74 Å². The molecule has 98 valence electrons. The Morgan fingerprint density at radius 3 is 2.33 bits per heavy atom. The van der Waals surface area contributed by atoms with Crippen LogP contribution in [0.2, 0.25) is 0 Å². The van der Waals surface area contributed by atoms with Gasteiger partial charge >= 0.3 is 5.97 Å². The molecule has 2 rings (SSSR count). The smallest absolute Gasteiger partial charge is 0.308 e. The molecule has 0 heterocycles. The summed E-state index contributed by atoms with van der Waals surface area (Å²) in [6.07, 6.45) is 3.35. The van der Waals surface area contributed by atoms with Crippen molar-refractivity contribution in [3.63, 3.8) is 0 Å². The standard InChI is InChI=1S/C14H17FO3/c1-17-14(16)10-2-6-12(7-3-10)18-13-8-4-11(15)5-9-13/h4-5,8-10,12H,2-3,6-7H2,1H3/t10-,12-. The van der Waals surface area contributed by atoms with Gasteiger partial charge in [-0.2, -0.15) is 0 Å². The van der Waals surface area contributed by atoms with E-state index in [9.17, 15) is 9.18 Å². The van der Waals surface area contributed by atoms with Gasteiger partial charge < -0.3 is 9.47 Å². The van der Waals surface area contributed by atoms with Crippen LogP contribution in [0.1, 0.15) is 25.7 Å². The number of hydrogen-bond acceptors (Lipinski definition) is 3. The lowest BCUT2D eigenvalue weighted by atomic mass is 9.87. The topological polar surface area (TPSA) is 35.5 Å². The summed E-state index contributed by atoms with van der Waals surface area (Å²) in [4.78, 5) is 11.4. The van der Waals surface area contributed by atoms with Gasteiger partial charge in [0.25, 0.3) is 0 Å². The van der Waals surface area contributed by atoms with Crippen LogP contribution in [0, 0.1) is 11.7 Å². The van der Waals surface area contributed by atoms with Crippen LogP contribution in [-0.4, -0.2) is 19.2 Å². The van der Waals surface area contributed by atoms with Crippen LogP contribution in [0.4, 0.5) is 4.39 Å². The van der Waals surface area contributed by atoms with Gasteiger partial charge in [0.1, 0.15) is 11.6 Å². The van der Waals surface area contributed by atoms with E-state index in [4.69, 9.17) is 9.47 Å². The van der Waals surface area contributed by atoms with E-state index in [2.05, 4.69) is 0 Å². The normalized spacial score (nSPS) is 23.4. The Kier molecular flexibility index (Phi) is 4.18. The van der Waals surface area contributed by atoms with Crippen molar-refractivity contribution in [1.29, 1.82) is 0 Å². The van der Waals surface area contributed by atoms with Gasteiger partial charge in [0.2, 0.25) is 0 Å². The van der Waals surface area contributed by atoms with E-state index in [0.29, 0.717) is 5.75 Å². The van der Waals surface area contributed by atoms with Crippen LogP contribution >= 0.6 is 0 Å². The Hall–Kier alpha value is -1.58. The van der Waals surface area contributed by atoms with Crippen LogP contribution in [0.15, 0.2) is 24.3 Å². The van der Waals surface area contributed by atoms with Crippen molar-refractivity contribution >= 4 is 5.97 Å². The van der Waals surface area contributed by atoms with Crippen molar-refractivity contribution < 1.29 is 18.7 Å². The number of carbonyl (C=O) groups is 1. The highest BCUT2D eigenvalue weighted by atomic mass is 19.1. The average Bonchev–Trinajstić information content (AvgIpc) is 2.41. The van der Waals surface area contributed by atoms with Crippen LogP contribution in [0.25, 0.3) is 0 Å². The Morgan fingerprint density at radius 1 is 1.17 bits per heavy atom. The summed E-state index contributed by atoms with van der Waals surface area (Å²) in [5.41, 5.74) is 0. The van der Waals surface area contributed by atoms with Crippen molar-refractivity contribution in [1.82, 2.24) is 0 Å². The lowest BCUT2D eigenvalue weighted by Crippen LogP contribution is -2.28. The molecule has 1 aromatic carbocycles. The molecule has 1 aromatic rings. The summed E-state index contributed by atoms with van der Waals surface area (Å²) in [5, 5.41) is 0. The van der Waals surface area contributed by atoms with E-state index in [0.717, 1.165) is 25.7 Å². The molecule has 0 aliphatic heterocycles. The third kappa shape index (κ3) is 3.22. The van der Waals surface area contributed by atoms with Crippen molar-refractivity contribution in [2.45, 2.75) is 31.8 Å². The zero-order valence-electron chi connectivity index (χ0n) is 10.4. The van der Waals surface area contributed by atoms with E-state index >= 15 is 0 Å². The average molecular weight is 252 g/mol. The second-order valence-electron chi connectivity index (χ2n) is 4.57. The molecule has 0 radical (unpaired) electrons. The molecule has 1 aliphatic carbocycles. The number of halogens is 1. The van der Waals surface area contributed by atoms with Crippen LogP contribution in [0.5, 0.6) is 5.75 Å². The molecule has 4 heteroatoms. The second-order valence-corrected chi connectivity index (χ2v) is 4.57. The Bertz CT molecular complexity index is 394. The Balaban J connectivity index is 1.83. The predicted octanol–water partition coefficient (Wildman–Crippen LogP) is 2.94. The molecule has 1 fully saturated rings. The second kappa shape index (κ2) is 5.85. The fourth-order valence-electron chi connectivity index (χ4n) is 2.29.